The molecule has 4 aliphatic carbocycles. The molecule has 33 heavy (non-hydrogen) atoms. The number of hydrogen-bond donors (Lipinski definition) is 1. The number of benzene rings is 1. The molecule has 1 N–H and O–H groups in total. The van der Waals surface area contributed by atoms with Gasteiger partial charge in [0.2, 0.25) is 5.91 Å². The van der Waals surface area contributed by atoms with Crippen LogP contribution >= 0.6 is 0 Å². The van der Waals surface area contributed by atoms with Crippen LogP contribution in [0.25, 0.3) is 0 Å². The first-order chi connectivity index (χ1) is 16.1. The Kier molecular flexibility index (Phi) is 5.19. The molecule has 5 fully saturated rings. The molecule has 4 bridgehead atoms. The third-order valence-corrected chi connectivity index (χ3v) is 8.52. The van der Waals surface area contributed by atoms with E-state index in [0.29, 0.717) is 25.3 Å². The summed E-state index contributed by atoms with van der Waals surface area (Å²) in [5.41, 5.74) is 2.27. The number of hydrogen-bond acceptors (Lipinski definition) is 4. The molecule has 0 radical (unpaired) electrons. The molecule has 1 aromatic carbocycles. The van der Waals surface area contributed by atoms with E-state index in [0.717, 1.165) is 42.2 Å². The first-order valence-corrected chi connectivity index (χ1v) is 12.5. The summed E-state index contributed by atoms with van der Waals surface area (Å²) < 4.78 is 5.24. The summed E-state index contributed by atoms with van der Waals surface area (Å²) in [6.07, 6.45) is 10.2. The lowest BCUT2D eigenvalue weighted by Crippen LogP contribution is -2.48. The molecule has 1 saturated heterocycles. The molecule has 4 saturated carbocycles. The Balaban J connectivity index is 1.02. The highest BCUT2D eigenvalue weighted by Gasteiger charge is 2.51. The molecule has 6 heteroatoms. The zero-order chi connectivity index (χ0) is 22.4. The van der Waals surface area contributed by atoms with Crippen LogP contribution in [-0.2, 0) is 4.79 Å². The molecule has 2 aromatic rings. The number of furan rings is 1. The van der Waals surface area contributed by atoms with Crippen molar-refractivity contribution in [2.24, 2.45) is 23.2 Å². The highest BCUT2D eigenvalue weighted by atomic mass is 16.3. The molecule has 0 unspecified atom stereocenters. The van der Waals surface area contributed by atoms with Gasteiger partial charge < -0.3 is 19.5 Å². The Morgan fingerprint density at radius 1 is 0.909 bits per heavy atom. The van der Waals surface area contributed by atoms with E-state index in [1.807, 2.05) is 17.0 Å². The Labute approximate surface area is 195 Å². The average Bonchev–Trinajstić information content (AvgIpc) is 3.33. The van der Waals surface area contributed by atoms with Gasteiger partial charge in [0.05, 0.1) is 6.26 Å². The van der Waals surface area contributed by atoms with Gasteiger partial charge in [0.1, 0.15) is 0 Å². The highest BCUT2D eigenvalue weighted by molar-refractivity contribution is 5.92. The number of rotatable bonds is 5. The molecular weight excluding hydrogens is 414 g/mol. The fourth-order valence-electron chi connectivity index (χ4n) is 7.53. The molecule has 2 heterocycles. The number of piperazine rings is 1. The van der Waals surface area contributed by atoms with Crippen molar-refractivity contribution in [1.82, 2.24) is 4.90 Å². The van der Waals surface area contributed by atoms with Gasteiger partial charge in [0.25, 0.3) is 5.91 Å². The van der Waals surface area contributed by atoms with Gasteiger partial charge in [-0.2, -0.15) is 0 Å². The van der Waals surface area contributed by atoms with Crippen LogP contribution in [0.4, 0.5) is 11.4 Å². The Bertz CT molecular complexity index is 970. The molecule has 6 nitrogen and oxygen atoms in total. The summed E-state index contributed by atoms with van der Waals surface area (Å²) in [5.74, 6) is 3.15. The van der Waals surface area contributed by atoms with E-state index >= 15 is 0 Å². The summed E-state index contributed by atoms with van der Waals surface area (Å²) in [4.78, 5) is 29.5. The lowest BCUT2D eigenvalue weighted by atomic mass is 9.49. The molecule has 0 atom stereocenters. The van der Waals surface area contributed by atoms with Crippen LogP contribution in [0.2, 0.25) is 0 Å². The third-order valence-electron chi connectivity index (χ3n) is 8.52. The predicted molar refractivity (Wildman–Crippen MR) is 127 cm³/mol. The van der Waals surface area contributed by atoms with Crippen molar-refractivity contribution in [3.63, 3.8) is 0 Å². The van der Waals surface area contributed by atoms with Crippen molar-refractivity contribution in [3.05, 3.63) is 48.4 Å². The molecule has 174 valence electrons. The molecule has 7 rings (SSSR count). The van der Waals surface area contributed by atoms with Crippen LogP contribution in [0.3, 0.4) is 0 Å². The fraction of sp³-hybridized carbons (Fsp3) is 0.556. The molecule has 5 aliphatic rings. The van der Waals surface area contributed by atoms with Crippen molar-refractivity contribution >= 4 is 23.2 Å². The molecule has 1 aliphatic heterocycles. The summed E-state index contributed by atoms with van der Waals surface area (Å²) in [6.45, 7) is 2.90. The minimum atomic E-state index is -0.0447. The van der Waals surface area contributed by atoms with Gasteiger partial charge in [-0.25, -0.2) is 0 Å². The second kappa shape index (κ2) is 8.23. The van der Waals surface area contributed by atoms with E-state index < -0.39 is 0 Å². The summed E-state index contributed by atoms with van der Waals surface area (Å²) in [5, 5.41) is 3.16. The van der Waals surface area contributed by atoms with Crippen molar-refractivity contribution in [1.29, 1.82) is 0 Å². The van der Waals surface area contributed by atoms with Gasteiger partial charge in [0.15, 0.2) is 5.76 Å². The van der Waals surface area contributed by atoms with Gasteiger partial charge in [-0.1, -0.05) is 0 Å². The maximum absolute atomic E-state index is 12.9. The van der Waals surface area contributed by atoms with Gasteiger partial charge in [-0.15, -0.1) is 0 Å². The predicted octanol–water partition coefficient (Wildman–Crippen LogP) is 4.79. The maximum atomic E-state index is 12.9. The quantitative estimate of drug-likeness (QED) is 0.716. The van der Waals surface area contributed by atoms with Gasteiger partial charge >= 0.3 is 0 Å². The lowest BCUT2D eigenvalue weighted by Gasteiger charge is -2.56. The normalized spacial score (nSPS) is 30.5. The number of nitrogens with one attached hydrogen (secondary N) is 1. The van der Waals surface area contributed by atoms with Crippen molar-refractivity contribution in [2.75, 3.05) is 36.4 Å². The van der Waals surface area contributed by atoms with E-state index in [9.17, 15) is 9.59 Å². The molecule has 0 spiro atoms. The van der Waals surface area contributed by atoms with Crippen LogP contribution in [0.15, 0.2) is 47.1 Å². The topological polar surface area (TPSA) is 65.8 Å². The summed E-state index contributed by atoms with van der Waals surface area (Å²) in [7, 11) is 0. The first kappa shape index (κ1) is 20.8. The summed E-state index contributed by atoms with van der Waals surface area (Å²) in [6, 6.07) is 11.6. The Hall–Kier alpha value is -2.76. The van der Waals surface area contributed by atoms with E-state index in [1.54, 1.807) is 12.1 Å². The number of nitrogens with zero attached hydrogens (tertiary/aromatic N) is 2. The number of amides is 2. The minimum absolute atomic E-state index is 0.0447. The van der Waals surface area contributed by atoms with Gasteiger partial charge in [0, 0.05) is 44.0 Å². The van der Waals surface area contributed by atoms with Crippen LogP contribution < -0.4 is 10.2 Å². The fourth-order valence-corrected chi connectivity index (χ4v) is 7.53. The van der Waals surface area contributed by atoms with E-state index in [2.05, 4.69) is 22.3 Å². The van der Waals surface area contributed by atoms with Crippen molar-refractivity contribution in [3.8, 4) is 0 Å². The van der Waals surface area contributed by atoms with Crippen LogP contribution in [0.1, 0.15) is 55.5 Å². The largest absolute Gasteiger partial charge is 0.459 e. The SMILES string of the molecule is O=C(CC12CC3CC(CC(C3)C1)C2)Nc1ccc(N2CCN(C(=O)c3ccco3)CC2)cc1. The monoisotopic (exact) mass is 447 g/mol. The van der Waals surface area contributed by atoms with Crippen LogP contribution in [-0.4, -0.2) is 42.9 Å². The maximum Gasteiger partial charge on any atom is 0.289 e. The molecule has 2 amide bonds. The van der Waals surface area contributed by atoms with Crippen LogP contribution in [0.5, 0.6) is 0 Å². The third kappa shape index (κ3) is 4.16. The standard InChI is InChI=1S/C27H33N3O3/c31-25(18-27-15-19-12-20(16-27)14-21(13-19)17-27)28-22-3-5-23(6-4-22)29-7-9-30(10-8-29)26(32)24-2-1-11-33-24/h1-6,11,19-21H,7-10,12-18H2,(H,28,31). The first-order valence-electron chi connectivity index (χ1n) is 12.5. The second-order valence-corrected chi connectivity index (χ2v) is 10.9. The average molecular weight is 448 g/mol. The minimum Gasteiger partial charge on any atom is -0.459 e. The van der Waals surface area contributed by atoms with Crippen LogP contribution in [0, 0.1) is 23.2 Å². The van der Waals surface area contributed by atoms with E-state index in [1.165, 1.54) is 44.8 Å². The van der Waals surface area contributed by atoms with Gasteiger partial charge in [-0.05, 0) is 98.1 Å². The number of anilines is 2. The van der Waals surface area contributed by atoms with E-state index in [4.69, 9.17) is 4.42 Å². The highest BCUT2D eigenvalue weighted by Crippen LogP contribution is 2.61. The molecular formula is C27H33N3O3. The number of carbonyl (C=O) groups excluding carboxylic acids is 2. The Morgan fingerprint density at radius 2 is 1.55 bits per heavy atom. The zero-order valence-corrected chi connectivity index (χ0v) is 19.2. The van der Waals surface area contributed by atoms with Crippen molar-refractivity contribution < 1.29 is 14.0 Å². The van der Waals surface area contributed by atoms with Gasteiger partial charge in [-0.3, -0.25) is 9.59 Å². The zero-order valence-electron chi connectivity index (χ0n) is 19.2. The summed E-state index contributed by atoms with van der Waals surface area (Å²) >= 11 is 0. The molecule has 1 aromatic heterocycles. The van der Waals surface area contributed by atoms with Crippen molar-refractivity contribution in [2.45, 2.75) is 44.9 Å². The second-order valence-electron chi connectivity index (χ2n) is 10.9. The van der Waals surface area contributed by atoms with E-state index in [-0.39, 0.29) is 17.2 Å². The smallest absolute Gasteiger partial charge is 0.289 e. The lowest BCUT2D eigenvalue weighted by molar-refractivity contribution is -0.124. The Morgan fingerprint density at radius 3 is 2.12 bits per heavy atom. The number of carbonyl (C=O) groups is 2.